The minimum Gasteiger partial charge on any atom is -0.481 e. The number of guanidine groups is 1. The number of rotatable bonds is 62. The fourth-order valence-electron chi connectivity index (χ4n) is 17.1. The number of tetrazole rings is 1. The number of fused-ring (bicyclic) bond motifs is 2. The van der Waals surface area contributed by atoms with Gasteiger partial charge in [0.05, 0.1) is 39.1 Å². The van der Waals surface area contributed by atoms with Crippen LogP contribution in [-0.4, -0.2) is 302 Å². The largest absolute Gasteiger partial charge is 0.481 e. The van der Waals surface area contributed by atoms with Crippen LogP contribution in [0.15, 0.2) is 77.6 Å². The molecular formula is C98H149N25O23. The van der Waals surface area contributed by atoms with Gasteiger partial charge in [-0.3, -0.25) is 96.7 Å². The maximum Gasteiger partial charge on any atom is 0.303 e. The molecule has 2 aromatic carbocycles. The van der Waals surface area contributed by atoms with Crippen LogP contribution in [0.5, 0.6) is 0 Å². The number of aromatic nitrogens is 5. The number of nitrogens with two attached hydrogens (primary N) is 4. The number of carboxylic acids is 1. The maximum absolute atomic E-state index is 15.4. The highest BCUT2D eigenvalue weighted by Crippen LogP contribution is 2.26. The lowest BCUT2D eigenvalue weighted by molar-refractivity contribution is -0.143. The Labute approximate surface area is 847 Å². The molecule has 146 heavy (non-hydrogen) atoms. The van der Waals surface area contributed by atoms with Crippen LogP contribution in [0.3, 0.4) is 0 Å². The molecule has 2 fully saturated rings. The number of H-pyrrole nitrogens is 2. The van der Waals surface area contributed by atoms with Crippen LogP contribution < -0.4 is 92.1 Å². The van der Waals surface area contributed by atoms with Crippen molar-refractivity contribution in [3.8, 4) is 0 Å². The highest BCUT2D eigenvalue weighted by atomic mass is 16.5. The number of hydrogen-bond acceptors (Lipinski definition) is 28. The van der Waals surface area contributed by atoms with Gasteiger partial charge in [0.25, 0.3) is 0 Å². The summed E-state index contributed by atoms with van der Waals surface area (Å²) >= 11 is 0. The van der Waals surface area contributed by atoms with Gasteiger partial charge in [0.1, 0.15) is 90.5 Å². The third kappa shape index (κ3) is 44.9. The second-order valence-electron chi connectivity index (χ2n) is 36.9. The minimum absolute atomic E-state index is 0.00405. The van der Waals surface area contributed by atoms with E-state index in [9.17, 15) is 82.4 Å². The van der Waals surface area contributed by atoms with Crippen molar-refractivity contribution in [3.05, 3.63) is 89.5 Å². The Bertz CT molecular complexity index is 4980. The summed E-state index contributed by atoms with van der Waals surface area (Å²) in [7, 11) is 0. The monoisotopic (exact) mass is 2040 g/mol. The molecule has 13 atom stereocenters. The number of allylic oxidation sites excluding steroid dienone is 1. The number of aliphatic carboxylic acids is 1. The number of aliphatic imine (C=N–C) groups is 1. The number of hydrogen-bond donors (Lipinski definition) is 23. The SMILES string of the molecule is CCCC[C@H](NC(=O)[C@H](CC1=CCC=N1)NC(=O)[C@H](CN)NC(=O)[C@@H](CO)NC(=O)[C@H](CCC(N)=O)NC(=O)CNC(=O)COCCOCCNC(=O)[C@H](CCC(=O)O)CC(=O)CCCCCCCCCCCCCCCc1nnn[nH]1)C(=O)N[C@H]1CCC(=O)CCCCC[C@@H](C(N)=O)NC(=O)[C@H](Cc2c[nH]c3ccccc23)NC(=O)[C@H](CCCNC(=N)N)NC(=O)[C@@H](Cc2ccccc2)NC(=O)[C@@H]2C[C@@H](O)CN2C1=O. The number of nitrogens with one attached hydrogen (secondary N) is 16. The molecule has 0 aliphatic carbocycles. The number of unbranched alkanes of at least 4 members (excludes halogenated alkanes) is 13. The Balaban J connectivity index is 0.934. The van der Waals surface area contributed by atoms with Crippen LogP contribution in [0.4, 0.5) is 0 Å². The second kappa shape index (κ2) is 66.4. The summed E-state index contributed by atoms with van der Waals surface area (Å²) in [5.41, 5.74) is 25.1. The fraction of sp³-hybridized carbons (Fsp3) is 0.622. The van der Waals surface area contributed by atoms with Crippen molar-refractivity contribution < 1.29 is 111 Å². The first-order valence-corrected chi connectivity index (χ1v) is 50.7. The lowest BCUT2D eigenvalue weighted by atomic mass is 9.93. The molecule has 804 valence electrons. The van der Waals surface area contributed by atoms with E-state index in [4.69, 9.17) is 37.8 Å². The minimum atomic E-state index is -1.89. The Morgan fingerprint density at radius 3 is 1.90 bits per heavy atom. The second-order valence-corrected chi connectivity index (χ2v) is 36.9. The summed E-state index contributed by atoms with van der Waals surface area (Å²) in [6, 6.07) is -1.68. The van der Waals surface area contributed by atoms with Gasteiger partial charge in [-0.05, 0) is 91.8 Å². The Hall–Kier alpha value is -13.6. The normalized spacial score (nSPS) is 18.9. The number of Topliss-reactive ketones (excluding diaryl/α,β-unsaturated/α-hetero) is 2. The number of carbonyl (C=O) groups is 18. The molecule has 4 aromatic rings. The van der Waals surface area contributed by atoms with Crippen LogP contribution in [0, 0.1) is 11.3 Å². The van der Waals surface area contributed by atoms with Gasteiger partial charge < -0.3 is 127 Å². The number of carbonyl (C=O) groups excluding carboxylic acids is 17. The average Bonchev–Trinajstić information content (AvgIpc) is 1.64. The number of amides is 15. The molecule has 0 bridgehead atoms. The van der Waals surface area contributed by atoms with Crippen molar-refractivity contribution in [1.82, 2.24) is 99.6 Å². The summed E-state index contributed by atoms with van der Waals surface area (Å²) < 4.78 is 10.9. The van der Waals surface area contributed by atoms with Gasteiger partial charge in [0.2, 0.25) is 88.6 Å². The molecule has 0 unspecified atom stereocenters. The first-order chi connectivity index (χ1) is 70.2. The van der Waals surface area contributed by atoms with Gasteiger partial charge in [-0.1, -0.05) is 158 Å². The number of aryl methyl sites for hydroxylation is 1. The number of aliphatic hydroxyl groups is 2. The van der Waals surface area contributed by atoms with Crippen LogP contribution in [0.2, 0.25) is 0 Å². The van der Waals surface area contributed by atoms with E-state index < -0.39 is 237 Å². The maximum atomic E-state index is 15.4. The first-order valence-electron chi connectivity index (χ1n) is 50.7. The van der Waals surface area contributed by atoms with E-state index in [1.165, 1.54) is 44.7 Å². The quantitative estimate of drug-likeness (QED) is 0.0142. The third-order valence-corrected chi connectivity index (χ3v) is 25.2. The van der Waals surface area contributed by atoms with Gasteiger partial charge in [-0.15, -0.1) is 5.10 Å². The number of aromatic amines is 2. The molecule has 5 heterocycles. The summed E-state index contributed by atoms with van der Waals surface area (Å²) in [6.07, 6.45) is 17.2. The summed E-state index contributed by atoms with van der Waals surface area (Å²) in [4.78, 5) is 258. The first kappa shape index (κ1) is 119. The number of nitrogens with zero attached hydrogens (tertiary/aromatic N) is 5. The number of ketones is 2. The van der Waals surface area contributed by atoms with Crippen LogP contribution in [0.1, 0.15) is 242 Å². The number of para-hydroxylation sites is 1. The van der Waals surface area contributed by atoms with E-state index in [2.05, 4.69) is 99.7 Å². The molecule has 0 saturated carbocycles. The van der Waals surface area contributed by atoms with E-state index in [1.807, 2.05) is 12.1 Å². The molecule has 0 spiro atoms. The summed E-state index contributed by atoms with van der Waals surface area (Å²) in [5.74, 6) is -16.0. The number of primary amides is 2. The van der Waals surface area contributed by atoms with Crippen molar-refractivity contribution in [3.63, 3.8) is 0 Å². The average molecular weight is 2050 g/mol. The van der Waals surface area contributed by atoms with Crippen LogP contribution in [0.25, 0.3) is 10.9 Å². The van der Waals surface area contributed by atoms with Crippen molar-refractivity contribution in [2.45, 2.75) is 317 Å². The zero-order chi connectivity index (χ0) is 106. The van der Waals surface area contributed by atoms with Crippen molar-refractivity contribution >= 4 is 129 Å². The molecule has 7 rings (SSSR count). The van der Waals surface area contributed by atoms with Crippen molar-refractivity contribution in [2.75, 3.05) is 65.8 Å². The lowest BCUT2D eigenvalue weighted by Crippen LogP contribution is -2.61. The van der Waals surface area contributed by atoms with E-state index in [1.54, 1.807) is 61.7 Å². The van der Waals surface area contributed by atoms with E-state index in [0.29, 0.717) is 42.5 Å². The fourth-order valence-corrected chi connectivity index (χ4v) is 17.1. The Morgan fingerprint density at radius 1 is 0.596 bits per heavy atom. The molecule has 15 amide bonds. The van der Waals surface area contributed by atoms with Gasteiger partial charge in [-0.2, -0.15) is 0 Å². The molecule has 3 aliphatic rings. The summed E-state index contributed by atoms with van der Waals surface area (Å²) in [5, 5.41) is 87.1. The molecule has 2 aromatic heterocycles. The molecular weight excluding hydrogens is 1900 g/mol. The van der Waals surface area contributed by atoms with Crippen LogP contribution in [-0.2, 0) is 115 Å². The number of carboxylic acid groups (broad SMARTS) is 1. The predicted molar refractivity (Wildman–Crippen MR) is 533 cm³/mol. The zero-order valence-corrected chi connectivity index (χ0v) is 83.2. The lowest BCUT2D eigenvalue weighted by Gasteiger charge is -2.31. The summed E-state index contributed by atoms with van der Waals surface area (Å²) in [6.45, 7) is -1.95. The topological polar surface area (TPSA) is 757 Å². The smallest absolute Gasteiger partial charge is 0.303 e. The zero-order valence-electron chi connectivity index (χ0n) is 83.2. The van der Waals surface area contributed by atoms with Crippen molar-refractivity contribution in [2.24, 2.45) is 33.8 Å². The van der Waals surface area contributed by atoms with Gasteiger partial charge in [0.15, 0.2) is 5.96 Å². The Kier molecular flexibility index (Phi) is 54.3. The number of benzene rings is 2. The molecule has 3 aliphatic heterocycles. The predicted octanol–water partition coefficient (Wildman–Crippen LogP) is -1.10. The third-order valence-electron chi connectivity index (χ3n) is 25.2. The van der Waals surface area contributed by atoms with E-state index >= 15 is 19.2 Å². The van der Waals surface area contributed by atoms with Gasteiger partial charge >= 0.3 is 5.97 Å². The van der Waals surface area contributed by atoms with Gasteiger partial charge in [0, 0.05) is 138 Å². The highest BCUT2D eigenvalue weighted by molar-refractivity contribution is 6.01. The molecule has 27 N–H and O–H groups in total. The molecule has 48 heteroatoms. The number of aliphatic hydroxyl groups excluding tert-OH is 2. The highest BCUT2D eigenvalue weighted by Gasteiger charge is 2.45. The Morgan fingerprint density at radius 2 is 1.23 bits per heavy atom. The molecule has 48 nitrogen and oxygen atoms in total. The molecule has 2 saturated heterocycles. The van der Waals surface area contributed by atoms with Gasteiger partial charge in [-0.25, -0.2) is 5.10 Å². The molecule has 0 radical (unpaired) electrons. The van der Waals surface area contributed by atoms with Crippen LogP contribution >= 0.6 is 0 Å². The number of ether oxygens (including phenoxy) is 2. The van der Waals surface area contributed by atoms with E-state index in [0.717, 1.165) is 66.6 Å². The standard InChI is InChI=1S/C98H149N25O23/c1-2-3-33-71(88(135)113-74-40-39-65(125)30-20-16-21-35-70(86(101)133)110-92(139)76(52-63-56-107-69-34-24-23-32-68(63)69)114-89(136)72(36-26-45-106-98(102)103)112-91(138)75(50-61-27-17-15-18-28-61)116-96(143)80-54-67(127)58-123(80)97(74)144)111-93(140)77(53-64-29-25-44-104-64)115-94(141)78(55-99)117-95(142)79(59-124)118-90(137)73(41-42-81(100)128)109-83(129)57-108-84(130)60-146-49-48-145-47-46-105-87(134)62(38-43-85(131)132)51-66(126)31-19-13-11-9-7-5-4-6-8-10-12-14-22-37-82-119-121-122-120-82/h15,17-18,23-24,27-29,32,34,44,56,62,67,70-80,107,124,127H,2-14,16,19-22,25-26,30-31,33,35-43,45-55,57-60,99H2,1H3,(H2,100,128)(H2,101,133)(H,105,134)(H,108,130)(H,109,129)(H,110,139)(H,111,140)(H,112,138)(H,113,135)(H,114,136)(H,115,141)(H,116,143)(H,117,142)(H,118,137)(H,131,132)(H4,102,103,106)(H,119,120,121,122)/t62-,67-,70+,71+,72+,73+,74+,75-,76+,77+,78+,79-,80+/m1/s1. The van der Waals surface area contributed by atoms with E-state index in [-0.39, 0.29) is 147 Å². The van der Waals surface area contributed by atoms with Crippen molar-refractivity contribution in [1.29, 1.82) is 5.41 Å².